The van der Waals surface area contributed by atoms with Crippen molar-refractivity contribution >= 4 is 35.5 Å². The number of amides is 4. The van der Waals surface area contributed by atoms with Crippen molar-refractivity contribution in [3.63, 3.8) is 0 Å². The van der Waals surface area contributed by atoms with E-state index in [4.69, 9.17) is 16.3 Å². The highest BCUT2D eigenvalue weighted by Crippen LogP contribution is 2.29. The summed E-state index contributed by atoms with van der Waals surface area (Å²) in [7, 11) is 0. The molecule has 1 aliphatic carbocycles. The van der Waals surface area contributed by atoms with Gasteiger partial charge in [-0.15, -0.1) is 0 Å². The van der Waals surface area contributed by atoms with Gasteiger partial charge >= 0.3 is 6.03 Å². The van der Waals surface area contributed by atoms with Gasteiger partial charge < -0.3 is 4.74 Å². The van der Waals surface area contributed by atoms with E-state index >= 15 is 0 Å². The third kappa shape index (κ3) is 5.32. The smallest absolute Gasteiger partial charge is 0.328 e. The summed E-state index contributed by atoms with van der Waals surface area (Å²) in [4.78, 5) is 34.6. The Morgan fingerprint density at radius 3 is 2.44 bits per heavy atom. The number of benzene rings is 1. The van der Waals surface area contributed by atoms with E-state index in [1.165, 1.54) is 44.6 Å². The summed E-state index contributed by atoms with van der Waals surface area (Å²) in [5.41, 5.74) is 0.427. The molecule has 2 N–H and O–H groups in total. The van der Waals surface area contributed by atoms with Gasteiger partial charge in [0.1, 0.15) is 11.3 Å². The van der Waals surface area contributed by atoms with Crippen molar-refractivity contribution in [1.82, 2.24) is 10.6 Å². The molecule has 0 radical (unpaired) electrons. The number of urea groups is 1. The summed E-state index contributed by atoms with van der Waals surface area (Å²) in [6.07, 6.45) is 10.3. The Labute approximate surface area is 163 Å². The van der Waals surface area contributed by atoms with E-state index in [-0.39, 0.29) is 5.57 Å². The van der Waals surface area contributed by atoms with Crippen molar-refractivity contribution in [2.45, 2.75) is 44.9 Å². The van der Waals surface area contributed by atoms with Crippen molar-refractivity contribution in [2.24, 2.45) is 5.92 Å². The number of nitrogens with one attached hydrogen (secondary N) is 2. The van der Waals surface area contributed by atoms with Gasteiger partial charge in [0, 0.05) is 0 Å². The van der Waals surface area contributed by atoms with Crippen LogP contribution in [0, 0.1) is 5.92 Å². The molecule has 144 valence electrons. The maximum Gasteiger partial charge on any atom is 0.328 e. The molecule has 1 saturated heterocycles. The molecule has 2 fully saturated rings. The van der Waals surface area contributed by atoms with Crippen molar-refractivity contribution in [3.05, 3.63) is 34.4 Å². The van der Waals surface area contributed by atoms with E-state index in [0.717, 1.165) is 12.3 Å². The molecule has 7 heteroatoms. The topological polar surface area (TPSA) is 84.5 Å². The summed E-state index contributed by atoms with van der Waals surface area (Å²) < 4.78 is 5.77. The maximum atomic E-state index is 11.8. The van der Waals surface area contributed by atoms with Crippen molar-refractivity contribution in [2.75, 3.05) is 6.61 Å². The van der Waals surface area contributed by atoms with Crippen LogP contribution in [0.1, 0.15) is 50.5 Å². The van der Waals surface area contributed by atoms with Gasteiger partial charge in [-0.1, -0.05) is 49.8 Å². The molecule has 0 bridgehead atoms. The lowest BCUT2D eigenvalue weighted by Crippen LogP contribution is -2.51. The Hall–Kier alpha value is -2.34. The Balaban J connectivity index is 1.55. The number of rotatable bonds is 6. The molecule has 0 atom stereocenters. The first kappa shape index (κ1) is 19.4. The Morgan fingerprint density at radius 1 is 1.07 bits per heavy atom. The van der Waals surface area contributed by atoms with Crippen LogP contribution in [0.3, 0.4) is 0 Å². The van der Waals surface area contributed by atoms with E-state index in [1.807, 2.05) is 10.6 Å². The summed E-state index contributed by atoms with van der Waals surface area (Å²) in [5, 5.41) is 4.47. The minimum Gasteiger partial charge on any atom is -0.492 e. The van der Waals surface area contributed by atoms with E-state index in [9.17, 15) is 14.4 Å². The lowest BCUT2D eigenvalue weighted by atomic mass is 9.86. The predicted molar refractivity (Wildman–Crippen MR) is 102 cm³/mol. The predicted octanol–water partition coefficient (Wildman–Crippen LogP) is 3.83. The fraction of sp³-hybridized carbons (Fsp3) is 0.450. The minimum absolute atomic E-state index is 0.146. The van der Waals surface area contributed by atoms with Crippen LogP contribution in [-0.2, 0) is 9.59 Å². The zero-order valence-corrected chi connectivity index (χ0v) is 15.8. The molecule has 2 aliphatic rings. The van der Waals surface area contributed by atoms with Crippen LogP contribution in [0.2, 0.25) is 5.02 Å². The van der Waals surface area contributed by atoms with E-state index < -0.39 is 17.8 Å². The van der Waals surface area contributed by atoms with Crippen LogP contribution >= 0.6 is 11.6 Å². The highest BCUT2D eigenvalue weighted by Gasteiger charge is 2.27. The first-order valence-corrected chi connectivity index (χ1v) is 9.71. The number of hydrogen-bond donors (Lipinski definition) is 2. The van der Waals surface area contributed by atoms with Crippen molar-refractivity contribution in [1.29, 1.82) is 0 Å². The Bertz CT molecular complexity index is 747. The van der Waals surface area contributed by atoms with E-state index in [0.29, 0.717) is 22.9 Å². The van der Waals surface area contributed by atoms with Crippen LogP contribution in [0.25, 0.3) is 6.08 Å². The highest BCUT2D eigenvalue weighted by molar-refractivity contribution is 6.33. The number of halogens is 1. The quantitative estimate of drug-likeness (QED) is 0.439. The second-order valence-electron chi connectivity index (χ2n) is 6.98. The monoisotopic (exact) mass is 390 g/mol. The molecule has 1 aliphatic heterocycles. The lowest BCUT2D eigenvalue weighted by molar-refractivity contribution is -0.123. The molecular formula is C20H23ClN2O4. The number of hydrogen-bond acceptors (Lipinski definition) is 4. The van der Waals surface area contributed by atoms with E-state index in [1.54, 1.807) is 18.2 Å². The second-order valence-corrected chi connectivity index (χ2v) is 7.39. The third-order valence-corrected chi connectivity index (χ3v) is 5.24. The molecule has 0 spiro atoms. The molecule has 1 heterocycles. The van der Waals surface area contributed by atoms with Gasteiger partial charge in [0.25, 0.3) is 11.8 Å². The molecule has 3 rings (SSSR count). The SMILES string of the molecule is O=C1NC(=O)C(=Cc2ccc(OCCCC3CCCCC3)c(Cl)c2)C(=O)N1. The molecule has 4 amide bonds. The van der Waals surface area contributed by atoms with Crippen LogP contribution < -0.4 is 15.4 Å². The summed E-state index contributed by atoms with van der Waals surface area (Å²) in [6, 6.07) is 4.24. The fourth-order valence-electron chi connectivity index (χ4n) is 3.53. The maximum absolute atomic E-state index is 11.8. The summed E-state index contributed by atoms with van der Waals surface area (Å²) in [5.74, 6) is -0.0625. The van der Waals surface area contributed by atoms with Gasteiger partial charge in [0.05, 0.1) is 11.6 Å². The van der Waals surface area contributed by atoms with Crippen LogP contribution in [0.5, 0.6) is 5.75 Å². The molecule has 1 saturated carbocycles. The van der Waals surface area contributed by atoms with Gasteiger partial charge in [-0.05, 0) is 42.5 Å². The number of carbonyl (C=O) groups is 3. The largest absolute Gasteiger partial charge is 0.492 e. The van der Waals surface area contributed by atoms with Crippen LogP contribution in [0.4, 0.5) is 4.79 Å². The normalized spacial score (nSPS) is 18.1. The summed E-state index contributed by atoms with van der Waals surface area (Å²) in [6.45, 7) is 0.615. The summed E-state index contributed by atoms with van der Waals surface area (Å²) >= 11 is 6.26. The Kier molecular flexibility index (Phi) is 6.50. The van der Waals surface area contributed by atoms with E-state index in [2.05, 4.69) is 0 Å². The standard InChI is InChI=1S/C20H23ClN2O4/c21-16-12-14(11-15-18(24)22-20(26)23-19(15)25)8-9-17(16)27-10-4-7-13-5-2-1-3-6-13/h8-9,11-13H,1-7,10H2,(H2,22,23,24,25,26). The van der Waals surface area contributed by atoms with Gasteiger partial charge in [0.2, 0.25) is 0 Å². The van der Waals surface area contributed by atoms with Crippen LogP contribution in [-0.4, -0.2) is 24.5 Å². The molecule has 0 aromatic heterocycles. The highest BCUT2D eigenvalue weighted by atomic mass is 35.5. The molecule has 1 aromatic rings. The fourth-order valence-corrected chi connectivity index (χ4v) is 3.77. The van der Waals surface area contributed by atoms with Gasteiger partial charge in [-0.25, -0.2) is 4.79 Å². The average Bonchev–Trinajstić information content (AvgIpc) is 2.64. The van der Waals surface area contributed by atoms with Gasteiger partial charge in [-0.3, -0.25) is 20.2 Å². The first-order chi connectivity index (χ1) is 13.0. The third-order valence-electron chi connectivity index (χ3n) is 4.95. The molecule has 27 heavy (non-hydrogen) atoms. The number of barbiturate groups is 1. The molecular weight excluding hydrogens is 368 g/mol. The number of carbonyl (C=O) groups excluding carboxylic acids is 3. The lowest BCUT2D eigenvalue weighted by Gasteiger charge is -2.21. The zero-order chi connectivity index (χ0) is 19.2. The number of imide groups is 2. The minimum atomic E-state index is -0.822. The Morgan fingerprint density at radius 2 is 1.78 bits per heavy atom. The molecule has 0 unspecified atom stereocenters. The molecule has 6 nitrogen and oxygen atoms in total. The van der Waals surface area contributed by atoms with Crippen LogP contribution in [0.15, 0.2) is 23.8 Å². The first-order valence-electron chi connectivity index (χ1n) is 9.33. The second kappa shape index (κ2) is 9.04. The number of ether oxygens (including phenoxy) is 1. The van der Waals surface area contributed by atoms with Crippen molar-refractivity contribution < 1.29 is 19.1 Å². The average molecular weight is 391 g/mol. The molecule has 1 aromatic carbocycles. The van der Waals surface area contributed by atoms with Gasteiger partial charge in [0.15, 0.2) is 0 Å². The van der Waals surface area contributed by atoms with Gasteiger partial charge in [-0.2, -0.15) is 0 Å². The zero-order valence-electron chi connectivity index (χ0n) is 15.1. The van der Waals surface area contributed by atoms with Crippen molar-refractivity contribution in [3.8, 4) is 5.75 Å².